The highest BCUT2D eigenvalue weighted by molar-refractivity contribution is 8.44. The summed E-state index contributed by atoms with van der Waals surface area (Å²) >= 11 is 8.47. The summed E-state index contributed by atoms with van der Waals surface area (Å²) in [7, 11) is -2.65. The third kappa shape index (κ3) is 7.82. The number of aromatic amines is 1. The molecule has 3 aromatic rings. The lowest BCUT2D eigenvalue weighted by atomic mass is 10.1. The van der Waals surface area contributed by atoms with Gasteiger partial charge in [-0.25, -0.2) is 28.5 Å². The minimum atomic E-state index is -4.31. The van der Waals surface area contributed by atoms with Crippen LogP contribution in [-0.2, 0) is 36.4 Å². The molecule has 6 rings (SSSR count). The molecule has 5 unspecified atom stereocenters. The van der Waals surface area contributed by atoms with E-state index < -0.39 is 89.5 Å². The third-order valence-electron chi connectivity index (χ3n) is 9.11. The zero-order valence-corrected chi connectivity index (χ0v) is 31.7. The molecule has 10 atom stereocenters. The SMILES string of the molecule is CC(C)(C)[Si](C)(C)OC1C2COP(=O)(S)O[C@@H]3C(COP(=O)(S)O[C@H]1[C@H](n1cnc4c(=O)[nH]c(N)nc41)O2)C[C@@H](Oc1ccncn1)[C@@H]3F. The summed E-state index contributed by atoms with van der Waals surface area (Å²) in [6.45, 7) is 0.590. The van der Waals surface area contributed by atoms with Crippen molar-refractivity contribution in [3.8, 4) is 5.88 Å². The summed E-state index contributed by atoms with van der Waals surface area (Å²) in [5, 5.41) is -0.309. The lowest BCUT2D eigenvalue weighted by Gasteiger charge is -2.40. The van der Waals surface area contributed by atoms with Crippen LogP contribution in [0, 0.1) is 5.92 Å². The Morgan fingerprint density at radius 3 is 2.49 bits per heavy atom. The summed E-state index contributed by atoms with van der Waals surface area (Å²) in [6, 6.07) is 1.46. The molecule has 2 saturated heterocycles. The number of H-pyrrole nitrogens is 1. The van der Waals surface area contributed by atoms with E-state index in [1.165, 1.54) is 29.5 Å². The van der Waals surface area contributed by atoms with Gasteiger partial charge in [0, 0.05) is 18.2 Å². The number of alkyl halides is 1. The van der Waals surface area contributed by atoms with Crippen molar-refractivity contribution in [3.63, 3.8) is 0 Å². The molecule has 5 heterocycles. The summed E-state index contributed by atoms with van der Waals surface area (Å²) in [5.74, 6) is -0.916. The van der Waals surface area contributed by atoms with Gasteiger partial charge >= 0.3 is 13.6 Å². The molecule has 3 aliphatic rings. The Morgan fingerprint density at radius 1 is 1.12 bits per heavy atom. The third-order valence-corrected chi connectivity index (χ3v) is 16.8. The van der Waals surface area contributed by atoms with E-state index in [1.807, 2.05) is 33.9 Å². The first-order chi connectivity index (χ1) is 22.8. The van der Waals surface area contributed by atoms with Gasteiger partial charge in [0.15, 0.2) is 31.9 Å². The number of thiol groups is 2. The average Bonchev–Trinajstić information content (AvgIpc) is 3.65. The van der Waals surface area contributed by atoms with Crippen LogP contribution in [0.15, 0.2) is 29.7 Å². The van der Waals surface area contributed by atoms with E-state index >= 15 is 4.39 Å². The van der Waals surface area contributed by atoms with Gasteiger partial charge in [0.25, 0.3) is 5.56 Å². The smallest absolute Gasteiger partial charge is 0.386 e. The molecule has 1 aliphatic carbocycles. The van der Waals surface area contributed by atoms with Gasteiger partial charge in [-0.15, -0.1) is 0 Å². The Labute approximate surface area is 292 Å². The Balaban J connectivity index is 1.37. The van der Waals surface area contributed by atoms with Crippen molar-refractivity contribution in [1.29, 1.82) is 0 Å². The molecule has 3 fully saturated rings. The number of halogens is 1. The molecule has 3 aromatic heterocycles. The van der Waals surface area contributed by atoms with E-state index in [1.54, 1.807) is 0 Å². The Kier molecular flexibility index (Phi) is 10.2. The molecule has 17 nitrogen and oxygen atoms in total. The number of nitrogens with zero attached hydrogens (tertiary/aromatic N) is 5. The van der Waals surface area contributed by atoms with Crippen molar-refractivity contribution in [2.24, 2.45) is 5.92 Å². The Bertz CT molecular complexity index is 1840. The summed E-state index contributed by atoms with van der Waals surface area (Å²) in [5.41, 5.74) is 5.25. The van der Waals surface area contributed by atoms with Crippen LogP contribution in [0.4, 0.5) is 10.3 Å². The number of hydrogen-bond acceptors (Lipinski definition) is 15. The van der Waals surface area contributed by atoms with E-state index in [0.717, 1.165) is 0 Å². The minimum Gasteiger partial charge on any atom is -0.471 e. The first kappa shape index (κ1) is 36.9. The molecule has 0 radical (unpaired) electrons. The predicted molar refractivity (Wildman–Crippen MR) is 183 cm³/mol. The second-order valence-electron chi connectivity index (χ2n) is 13.5. The molecule has 1 saturated carbocycles. The van der Waals surface area contributed by atoms with Crippen molar-refractivity contribution in [2.45, 2.75) is 88.2 Å². The van der Waals surface area contributed by atoms with Crippen LogP contribution in [0.1, 0.15) is 33.4 Å². The highest BCUT2D eigenvalue weighted by atomic mass is 32.7. The molecule has 23 heteroatoms. The quantitative estimate of drug-likeness (QED) is 0.160. The fraction of sp³-hybridized carbons (Fsp3) is 0.654. The number of ether oxygens (including phenoxy) is 2. The lowest BCUT2D eigenvalue weighted by molar-refractivity contribution is -0.0497. The highest BCUT2D eigenvalue weighted by Gasteiger charge is 2.56. The zero-order valence-electron chi connectivity index (χ0n) is 27.1. The van der Waals surface area contributed by atoms with Crippen LogP contribution in [0.2, 0.25) is 18.1 Å². The fourth-order valence-corrected chi connectivity index (χ4v) is 9.99. The fourth-order valence-electron chi connectivity index (χ4n) is 5.65. The van der Waals surface area contributed by atoms with E-state index in [2.05, 4.69) is 49.4 Å². The van der Waals surface area contributed by atoms with Gasteiger partial charge in [0.05, 0.1) is 19.5 Å². The molecular formula is C26H38FN7O10P2S2Si. The molecule has 0 aromatic carbocycles. The molecule has 3 N–H and O–H groups in total. The number of anilines is 1. The van der Waals surface area contributed by atoms with Crippen molar-refractivity contribution >= 4 is 63.5 Å². The maximum absolute atomic E-state index is 15.9. The number of nitrogens with two attached hydrogens (primary N) is 1. The molecule has 49 heavy (non-hydrogen) atoms. The van der Waals surface area contributed by atoms with Crippen molar-refractivity contribution in [3.05, 3.63) is 35.3 Å². The summed E-state index contributed by atoms with van der Waals surface area (Å²) in [6.07, 6.45) is -4.89. The monoisotopic (exact) mass is 781 g/mol. The maximum Gasteiger partial charge on any atom is 0.386 e. The van der Waals surface area contributed by atoms with Crippen LogP contribution < -0.4 is 16.0 Å². The van der Waals surface area contributed by atoms with Crippen LogP contribution >= 0.6 is 38.1 Å². The maximum atomic E-state index is 15.9. The lowest BCUT2D eigenvalue weighted by Crippen LogP contribution is -2.50. The van der Waals surface area contributed by atoms with Crippen molar-refractivity contribution in [1.82, 2.24) is 29.5 Å². The average molecular weight is 782 g/mol. The second-order valence-corrected chi connectivity index (χ2v) is 24.0. The number of fused-ring (bicyclic) bond motifs is 4. The van der Waals surface area contributed by atoms with Gasteiger partial charge in [-0.2, -0.15) is 4.98 Å². The van der Waals surface area contributed by atoms with Crippen LogP contribution in [0.5, 0.6) is 5.88 Å². The van der Waals surface area contributed by atoms with Gasteiger partial charge < -0.3 is 24.2 Å². The number of rotatable bonds is 5. The van der Waals surface area contributed by atoms with Gasteiger partial charge in [0.1, 0.15) is 36.8 Å². The van der Waals surface area contributed by atoms with Gasteiger partial charge in [-0.3, -0.25) is 27.9 Å². The van der Waals surface area contributed by atoms with Crippen LogP contribution in [-0.4, -0.2) is 87.7 Å². The first-order valence-corrected chi connectivity index (χ1v) is 23.6. The summed E-state index contributed by atoms with van der Waals surface area (Å²) in [4.78, 5) is 31.2. The number of hydrogen-bond donors (Lipinski definition) is 4. The van der Waals surface area contributed by atoms with Crippen LogP contribution in [0.25, 0.3) is 11.2 Å². The van der Waals surface area contributed by atoms with Gasteiger partial charge in [-0.05, 0) is 24.6 Å². The zero-order chi connectivity index (χ0) is 35.5. The molecule has 2 aliphatic heterocycles. The van der Waals surface area contributed by atoms with Gasteiger partial charge in [0.2, 0.25) is 11.8 Å². The molecule has 2 bridgehead atoms. The van der Waals surface area contributed by atoms with E-state index in [0.29, 0.717) is 0 Å². The summed E-state index contributed by atoms with van der Waals surface area (Å²) < 4.78 is 87.3. The number of nitrogen functional groups attached to an aromatic ring is 1. The van der Waals surface area contributed by atoms with Crippen LogP contribution in [0.3, 0.4) is 0 Å². The number of aromatic nitrogens is 6. The largest absolute Gasteiger partial charge is 0.471 e. The number of nitrogens with one attached hydrogen (secondary N) is 1. The minimum absolute atomic E-state index is 0.00501. The molecule has 270 valence electrons. The molecular weight excluding hydrogens is 743 g/mol. The second kappa shape index (κ2) is 13.6. The molecule has 0 spiro atoms. The van der Waals surface area contributed by atoms with E-state index in [-0.39, 0.29) is 34.5 Å². The Morgan fingerprint density at radius 2 is 1.82 bits per heavy atom. The van der Waals surface area contributed by atoms with Gasteiger partial charge in [-0.1, -0.05) is 45.3 Å². The molecule has 0 amide bonds. The first-order valence-electron chi connectivity index (χ1n) is 15.3. The Hall–Kier alpha value is -1.90. The van der Waals surface area contributed by atoms with Crippen molar-refractivity contribution < 1.29 is 45.5 Å². The highest BCUT2D eigenvalue weighted by Crippen LogP contribution is 2.61. The predicted octanol–water partition coefficient (Wildman–Crippen LogP) is 4.48. The van der Waals surface area contributed by atoms with Crippen molar-refractivity contribution in [2.75, 3.05) is 18.9 Å². The normalized spacial score (nSPS) is 36.1. The van der Waals surface area contributed by atoms with E-state index in [4.69, 9.17) is 37.7 Å². The van der Waals surface area contributed by atoms with E-state index in [9.17, 15) is 13.9 Å². The topological polar surface area (TPSA) is 214 Å². The number of imidazole rings is 1. The standard InChI is InChI=1S/C26H38FN7O10P2S2Si/c1-26(2,3)49(4,5)44-20-15-10-39-46(37,48)42-19-13(8-14(17(19)27)40-16-6-7-29-11-30-16)9-38-45(36,47)43-21(20)24(41-15)34-12-31-18-22(34)32-25(28)33-23(18)35/h6-7,11-15,17,19-21,24H,8-10H2,1-5H3,(H,36,47)(H,37,48)(H3,28,32,33,35)/t13?,14-,15?,17+,19-,20?,21-,24-,45?,46?/m1/s1.